The molecule has 78 valence electrons. The highest BCUT2D eigenvalue weighted by Crippen LogP contribution is 2.26. The lowest BCUT2D eigenvalue weighted by Crippen LogP contribution is -1.94. The molecule has 0 aromatic carbocycles. The Hall–Kier alpha value is -1.76. The molecule has 2 rings (SSSR count). The summed E-state index contributed by atoms with van der Waals surface area (Å²) in [7, 11) is -4.88. The van der Waals surface area contributed by atoms with E-state index in [9.17, 15) is 12.3 Å². The highest BCUT2D eigenvalue weighted by atomic mass is 32.3. The van der Waals surface area contributed by atoms with Gasteiger partial charge in [0, 0.05) is 12.4 Å². The van der Waals surface area contributed by atoms with Crippen LogP contribution >= 0.6 is 0 Å². The largest absolute Gasteiger partial charge is 0.450 e. The van der Waals surface area contributed by atoms with Crippen LogP contribution in [-0.4, -0.2) is 18.4 Å². The van der Waals surface area contributed by atoms with Gasteiger partial charge in [0.25, 0.3) is 5.09 Å². The Labute approximate surface area is 84.8 Å². The molecule has 0 saturated heterocycles. The summed E-state index contributed by atoms with van der Waals surface area (Å²) in [6.45, 7) is 0. The normalized spacial score (nSPS) is 11.5. The number of halogens is 1. The van der Waals surface area contributed by atoms with Gasteiger partial charge in [0.1, 0.15) is 0 Å². The Morgan fingerprint density at radius 2 is 1.93 bits per heavy atom. The van der Waals surface area contributed by atoms with Crippen LogP contribution in [0.3, 0.4) is 0 Å². The Morgan fingerprint density at radius 1 is 1.27 bits per heavy atom. The molecule has 0 saturated carbocycles. The first-order valence-corrected chi connectivity index (χ1v) is 5.27. The maximum atomic E-state index is 12.7. The first-order chi connectivity index (χ1) is 7.09. The maximum absolute atomic E-state index is 12.7. The summed E-state index contributed by atoms with van der Waals surface area (Å²) in [6, 6.07) is 2.86. The van der Waals surface area contributed by atoms with E-state index in [-0.39, 0.29) is 11.4 Å². The van der Waals surface area contributed by atoms with Crippen LogP contribution in [0.5, 0.6) is 0 Å². The van der Waals surface area contributed by atoms with Crippen molar-refractivity contribution < 1.29 is 16.7 Å². The van der Waals surface area contributed by atoms with Crippen molar-refractivity contribution in [3.8, 4) is 11.4 Å². The third-order valence-electron chi connectivity index (χ3n) is 1.66. The van der Waals surface area contributed by atoms with Crippen molar-refractivity contribution in [2.24, 2.45) is 0 Å². The molecule has 0 radical (unpaired) electrons. The summed E-state index contributed by atoms with van der Waals surface area (Å²) in [5, 5.41) is -0.770. The number of nitrogens with zero attached hydrogens (tertiary/aromatic N) is 2. The monoisotopic (exact) mass is 228 g/mol. The van der Waals surface area contributed by atoms with Crippen molar-refractivity contribution >= 4 is 10.2 Å². The van der Waals surface area contributed by atoms with Crippen LogP contribution in [-0.2, 0) is 10.2 Å². The highest BCUT2D eigenvalue weighted by Gasteiger charge is 2.23. The Morgan fingerprint density at radius 3 is 2.53 bits per heavy atom. The molecule has 0 aliphatic carbocycles. The van der Waals surface area contributed by atoms with Gasteiger partial charge in [-0.05, 0) is 12.1 Å². The molecule has 0 spiro atoms. The van der Waals surface area contributed by atoms with E-state index < -0.39 is 15.3 Å². The van der Waals surface area contributed by atoms with Gasteiger partial charge in [0.2, 0.25) is 0 Å². The lowest BCUT2D eigenvalue weighted by atomic mass is 10.3. The van der Waals surface area contributed by atoms with Gasteiger partial charge < -0.3 is 4.42 Å². The van der Waals surface area contributed by atoms with Gasteiger partial charge in [-0.25, -0.2) is 9.97 Å². The van der Waals surface area contributed by atoms with E-state index in [4.69, 9.17) is 0 Å². The zero-order valence-corrected chi connectivity index (χ0v) is 8.11. The molecule has 5 nitrogen and oxygen atoms in total. The fourth-order valence-electron chi connectivity index (χ4n) is 1.09. The minimum Gasteiger partial charge on any atom is -0.450 e. The molecule has 0 atom stereocenters. The summed E-state index contributed by atoms with van der Waals surface area (Å²) >= 11 is 0. The predicted molar refractivity (Wildman–Crippen MR) is 48.0 cm³/mol. The van der Waals surface area contributed by atoms with E-state index in [1.165, 1.54) is 18.5 Å². The Kier molecular flexibility index (Phi) is 2.24. The van der Waals surface area contributed by atoms with Crippen molar-refractivity contribution in [2.45, 2.75) is 5.09 Å². The number of furan rings is 1. The van der Waals surface area contributed by atoms with E-state index in [0.29, 0.717) is 0 Å². The number of aromatic nitrogens is 2. The molecule has 0 aliphatic rings. The van der Waals surface area contributed by atoms with Crippen LogP contribution in [0.1, 0.15) is 0 Å². The molecule has 0 unspecified atom stereocenters. The topological polar surface area (TPSA) is 73.1 Å². The van der Waals surface area contributed by atoms with Crippen LogP contribution in [0.4, 0.5) is 3.89 Å². The second kappa shape index (κ2) is 3.43. The smallest absolute Gasteiger partial charge is 0.366 e. The van der Waals surface area contributed by atoms with Crippen molar-refractivity contribution in [1.82, 2.24) is 9.97 Å². The average molecular weight is 228 g/mol. The SMILES string of the molecule is O=S(=O)(F)c1occc1-c1ncccn1. The molecule has 0 bridgehead atoms. The van der Waals surface area contributed by atoms with E-state index in [2.05, 4.69) is 14.4 Å². The van der Waals surface area contributed by atoms with Crippen molar-refractivity contribution in [1.29, 1.82) is 0 Å². The second-order valence-electron chi connectivity index (χ2n) is 2.63. The van der Waals surface area contributed by atoms with Crippen molar-refractivity contribution in [3.05, 3.63) is 30.8 Å². The van der Waals surface area contributed by atoms with Gasteiger partial charge in [0.15, 0.2) is 5.82 Å². The summed E-state index contributed by atoms with van der Waals surface area (Å²) in [5.41, 5.74) is 0.0121. The van der Waals surface area contributed by atoms with Crippen molar-refractivity contribution in [3.63, 3.8) is 0 Å². The number of hydrogen-bond acceptors (Lipinski definition) is 5. The molecular formula is C8H5FN2O3S. The van der Waals surface area contributed by atoms with Crippen LogP contribution in [0, 0.1) is 0 Å². The third kappa shape index (κ3) is 1.86. The van der Waals surface area contributed by atoms with Crippen LogP contribution in [0.2, 0.25) is 0 Å². The lowest BCUT2D eigenvalue weighted by Gasteiger charge is -1.95. The average Bonchev–Trinajstić information content (AvgIpc) is 2.67. The summed E-state index contributed by atoms with van der Waals surface area (Å²) < 4.78 is 38.6. The van der Waals surface area contributed by atoms with Gasteiger partial charge in [0.05, 0.1) is 11.8 Å². The van der Waals surface area contributed by atoms with Crippen LogP contribution in [0.15, 0.2) is 40.3 Å². The number of rotatable bonds is 2. The van der Waals surface area contributed by atoms with E-state index >= 15 is 0 Å². The highest BCUT2D eigenvalue weighted by molar-refractivity contribution is 7.86. The molecular weight excluding hydrogens is 223 g/mol. The first kappa shape index (κ1) is 9.78. The van der Waals surface area contributed by atoms with Gasteiger partial charge >= 0.3 is 10.2 Å². The summed E-state index contributed by atoms with van der Waals surface area (Å²) in [4.78, 5) is 7.59. The zero-order chi connectivity index (χ0) is 10.9. The Bertz CT molecular complexity index is 565. The minimum atomic E-state index is -4.88. The molecule has 7 heteroatoms. The quantitative estimate of drug-likeness (QED) is 0.726. The molecule has 15 heavy (non-hydrogen) atoms. The van der Waals surface area contributed by atoms with Crippen LogP contribution in [0.25, 0.3) is 11.4 Å². The van der Waals surface area contributed by atoms with E-state index in [0.717, 1.165) is 6.26 Å². The predicted octanol–water partition coefficient (Wildman–Crippen LogP) is 1.39. The zero-order valence-electron chi connectivity index (χ0n) is 7.29. The Balaban J connectivity index is 2.61. The molecule has 0 aliphatic heterocycles. The second-order valence-corrected chi connectivity index (χ2v) is 3.88. The van der Waals surface area contributed by atoms with Gasteiger partial charge in [-0.2, -0.15) is 8.42 Å². The molecule has 2 heterocycles. The molecule has 0 N–H and O–H groups in total. The summed E-state index contributed by atoms with van der Waals surface area (Å²) in [6.07, 6.45) is 3.91. The lowest BCUT2D eigenvalue weighted by molar-refractivity contribution is 0.436. The number of hydrogen-bond donors (Lipinski definition) is 0. The third-order valence-corrected chi connectivity index (χ3v) is 2.42. The van der Waals surface area contributed by atoms with E-state index in [1.54, 1.807) is 6.07 Å². The van der Waals surface area contributed by atoms with Crippen LogP contribution < -0.4 is 0 Å². The molecule has 2 aromatic heterocycles. The van der Waals surface area contributed by atoms with Crippen molar-refractivity contribution in [2.75, 3.05) is 0 Å². The van der Waals surface area contributed by atoms with E-state index in [1.807, 2.05) is 0 Å². The molecule has 0 amide bonds. The standard InChI is InChI=1S/C8H5FN2O3S/c9-15(12,13)8-6(2-5-14-8)7-10-3-1-4-11-7/h1-5H. The molecule has 2 aromatic rings. The fourth-order valence-corrected chi connectivity index (χ4v) is 1.68. The van der Waals surface area contributed by atoms with Gasteiger partial charge in [-0.15, -0.1) is 0 Å². The maximum Gasteiger partial charge on any atom is 0.366 e. The fraction of sp³-hybridized carbons (Fsp3) is 0. The first-order valence-electron chi connectivity index (χ1n) is 3.88. The minimum absolute atomic E-state index is 0.0121. The van der Waals surface area contributed by atoms with Gasteiger partial charge in [-0.3, -0.25) is 0 Å². The van der Waals surface area contributed by atoms with Gasteiger partial charge in [-0.1, -0.05) is 3.89 Å². The summed E-state index contributed by atoms with van der Waals surface area (Å²) in [5.74, 6) is 0.0995. The molecule has 0 fully saturated rings.